The van der Waals surface area contributed by atoms with Crippen molar-refractivity contribution in [3.8, 4) is 0 Å². The van der Waals surface area contributed by atoms with E-state index in [1.165, 1.54) is 89.9 Å². The second kappa shape index (κ2) is 31.7. The lowest BCUT2D eigenvalue weighted by Crippen LogP contribution is -2.45. The minimum atomic E-state index is -4.34. The third kappa shape index (κ3) is 33.2. The van der Waals surface area contributed by atoms with Crippen LogP contribution in [0.15, 0.2) is 36.5 Å². The van der Waals surface area contributed by atoms with E-state index in [-0.39, 0.29) is 19.1 Å². The molecule has 9 heteroatoms. The van der Waals surface area contributed by atoms with Crippen molar-refractivity contribution < 1.29 is 32.9 Å². The van der Waals surface area contributed by atoms with Crippen LogP contribution in [0.5, 0.6) is 0 Å². The Morgan fingerprint density at radius 1 is 0.688 bits per heavy atom. The molecule has 0 spiro atoms. The molecule has 0 aromatic heterocycles. The quantitative estimate of drug-likeness (QED) is 0.0267. The summed E-state index contributed by atoms with van der Waals surface area (Å²) in [5.41, 5.74) is 0. The van der Waals surface area contributed by atoms with E-state index < -0.39 is 20.0 Å². The molecule has 3 unspecified atom stereocenters. The highest BCUT2D eigenvalue weighted by Gasteiger charge is 2.27. The minimum absolute atomic E-state index is 0.0541. The molecule has 0 fully saturated rings. The number of nitrogens with zero attached hydrogens (tertiary/aromatic N) is 1. The van der Waals surface area contributed by atoms with Crippen LogP contribution < -0.4 is 5.32 Å². The molecule has 282 valence electrons. The van der Waals surface area contributed by atoms with Crippen molar-refractivity contribution in [2.75, 3.05) is 40.9 Å². The van der Waals surface area contributed by atoms with Gasteiger partial charge in [-0.05, 0) is 44.9 Å². The van der Waals surface area contributed by atoms with Gasteiger partial charge in [-0.25, -0.2) is 4.57 Å². The number of hydrogen-bond donors (Lipinski definition) is 3. The maximum Gasteiger partial charge on any atom is 0.472 e. The average molecular weight is 700 g/mol. The highest BCUT2D eigenvalue weighted by molar-refractivity contribution is 7.47. The molecule has 0 saturated heterocycles. The van der Waals surface area contributed by atoms with Gasteiger partial charge in [0.25, 0.3) is 0 Å². The zero-order valence-corrected chi connectivity index (χ0v) is 32.6. The Kier molecular flexibility index (Phi) is 30.8. The third-order valence-corrected chi connectivity index (χ3v) is 9.32. The number of rotatable bonds is 34. The van der Waals surface area contributed by atoms with Gasteiger partial charge in [-0.1, -0.05) is 140 Å². The number of hydrogen-bond acceptors (Lipinski definition) is 5. The van der Waals surface area contributed by atoms with E-state index in [2.05, 4.69) is 43.5 Å². The summed E-state index contributed by atoms with van der Waals surface area (Å²) < 4.78 is 23.4. The zero-order chi connectivity index (χ0) is 35.8. The number of likely N-dealkylation sites (N-methyl/N-ethyl adjacent to an activating group) is 1. The molecule has 3 atom stereocenters. The van der Waals surface area contributed by atoms with Gasteiger partial charge in [-0.15, -0.1) is 0 Å². The summed E-state index contributed by atoms with van der Waals surface area (Å²) in [6.45, 7) is 4.73. The lowest BCUT2D eigenvalue weighted by atomic mass is 10.0. The fourth-order valence-corrected chi connectivity index (χ4v) is 5.92. The highest BCUT2D eigenvalue weighted by atomic mass is 31.2. The second-order valence-electron chi connectivity index (χ2n) is 14.3. The summed E-state index contributed by atoms with van der Waals surface area (Å²) in [4.78, 5) is 23.0. The molecule has 0 aliphatic heterocycles. The normalized spacial score (nSPS) is 15.1. The van der Waals surface area contributed by atoms with Crippen LogP contribution in [0.25, 0.3) is 0 Å². The fraction of sp³-hybridized carbons (Fsp3) is 0.821. The number of phosphoric ester groups is 1. The van der Waals surface area contributed by atoms with Gasteiger partial charge >= 0.3 is 7.82 Å². The molecular formula is C39H76N2O6P+. The number of carbonyl (C=O) groups is 1. The van der Waals surface area contributed by atoms with Gasteiger partial charge in [-0.3, -0.25) is 13.8 Å². The number of allylic oxidation sites excluding steroid dienone is 5. The largest absolute Gasteiger partial charge is 0.472 e. The molecule has 0 bridgehead atoms. The van der Waals surface area contributed by atoms with Crippen LogP contribution in [-0.2, 0) is 18.4 Å². The van der Waals surface area contributed by atoms with Crippen LogP contribution in [0.3, 0.4) is 0 Å². The fourth-order valence-electron chi connectivity index (χ4n) is 5.19. The van der Waals surface area contributed by atoms with Gasteiger partial charge in [0, 0.05) is 6.42 Å². The van der Waals surface area contributed by atoms with E-state index in [9.17, 15) is 19.4 Å². The number of carbonyl (C=O) groups excluding carboxylic acids is 1. The van der Waals surface area contributed by atoms with Crippen molar-refractivity contribution in [2.24, 2.45) is 0 Å². The van der Waals surface area contributed by atoms with E-state index in [0.29, 0.717) is 17.4 Å². The van der Waals surface area contributed by atoms with Crippen molar-refractivity contribution in [1.29, 1.82) is 0 Å². The number of aliphatic hydroxyl groups excluding tert-OH is 1. The molecule has 3 N–H and O–H groups in total. The van der Waals surface area contributed by atoms with Crippen LogP contribution in [0.1, 0.15) is 155 Å². The summed E-state index contributed by atoms with van der Waals surface area (Å²) in [6, 6.07) is -0.863. The first-order chi connectivity index (χ1) is 23.0. The van der Waals surface area contributed by atoms with E-state index in [0.717, 1.165) is 44.9 Å². The lowest BCUT2D eigenvalue weighted by molar-refractivity contribution is -0.870. The summed E-state index contributed by atoms with van der Waals surface area (Å²) in [5, 5.41) is 13.7. The topological polar surface area (TPSA) is 105 Å². The first-order valence-corrected chi connectivity index (χ1v) is 20.9. The molecule has 0 rings (SSSR count). The van der Waals surface area contributed by atoms with E-state index in [1.54, 1.807) is 6.08 Å². The van der Waals surface area contributed by atoms with Gasteiger partial charge in [-0.2, -0.15) is 0 Å². The predicted octanol–water partition coefficient (Wildman–Crippen LogP) is 9.96. The van der Waals surface area contributed by atoms with Crippen molar-refractivity contribution >= 4 is 13.7 Å². The third-order valence-electron chi connectivity index (χ3n) is 8.34. The number of quaternary nitrogens is 1. The Hall–Kier alpha value is -1.28. The Balaban J connectivity index is 4.62. The number of unbranched alkanes of at least 4 members (excludes halogenated alkanes) is 17. The molecule has 0 aliphatic carbocycles. The second-order valence-corrected chi connectivity index (χ2v) is 15.7. The molecule has 0 radical (unpaired) electrons. The van der Waals surface area contributed by atoms with Crippen LogP contribution in [0.4, 0.5) is 0 Å². The molecular weight excluding hydrogens is 623 g/mol. The Morgan fingerprint density at radius 3 is 1.67 bits per heavy atom. The molecule has 0 aliphatic rings. The summed E-state index contributed by atoms with van der Waals surface area (Å²) in [6.07, 6.45) is 36.3. The first kappa shape index (κ1) is 46.7. The van der Waals surface area contributed by atoms with Gasteiger partial charge in [0.2, 0.25) is 5.91 Å². The number of amides is 1. The predicted molar refractivity (Wildman–Crippen MR) is 203 cm³/mol. The van der Waals surface area contributed by atoms with E-state index in [1.807, 2.05) is 27.2 Å². The van der Waals surface area contributed by atoms with E-state index >= 15 is 0 Å². The van der Waals surface area contributed by atoms with Crippen molar-refractivity contribution in [3.05, 3.63) is 36.5 Å². The van der Waals surface area contributed by atoms with Crippen LogP contribution in [0, 0.1) is 0 Å². The maximum atomic E-state index is 12.8. The van der Waals surface area contributed by atoms with Crippen molar-refractivity contribution in [3.63, 3.8) is 0 Å². The maximum absolute atomic E-state index is 12.8. The monoisotopic (exact) mass is 700 g/mol. The standard InChI is InChI=1S/C39H75N2O6P/c1-6-8-10-12-14-16-18-20-21-22-24-26-28-30-32-38(42)37(36-47-48(44,45)46-35-34-41(3,4)5)40-39(43)33-31-29-27-25-23-19-17-15-13-11-9-7-2/h16,18,22,24,30,32,37-38,42H,6-15,17,19-21,23,25-29,31,33-36H2,1-5H3,(H-,40,43,44,45)/p+1/b18-16+,24-22+,32-30+. The molecule has 0 heterocycles. The lowest BCUT2D eigenvalue weighted by Gasteiger charge is -2.25. The summed E-state index contributed by atoms with van der Waals surface area (Å²) >= 11 is 0. The molecule has 48 heavy (non-hydrogen) atoms. The van der Waals surface area contributed by atoms with Crippen LogP contribution in [-0.4, -0.2) is 73.4 Å². The minimum Gasteiger partial charge on any atom is -0.387 e. The summed E-state index contributed by atoms with van der Waals surface area (Å²) in [5.74, 6) is -0.195. The Morgan fingerprint density at radius 2 is 1.15 bits per heavy atom. The molecule has 0 saturated carbocycles. The number of nitrogens with one attached hydrogen (secondary N) is 1. The molecule has 0 aromatic rings. The Bertz CT molecular complexity index is 886. The van der Waals surface area contributed by atoms with Gasteiger partial charge in [0.15, 0.2) is 0 Å². The smallest absolute Gasteiger partial charge is 0.387 e. The Labute approximate surface area is 296 Å². The number of aliphatic hydroxyl groups is 1. The van der Waals surface area contributed by atoms with Gasteiger partial charge in [0.05, 0.1) is 39.9 Å². The molecule has 0 aromatic carbocycles. The zero-order valence-electron chi connectivity index (χ0n) is 31.7. The van der Waals surface area contributed by atoms with Crippen LogP contribution in [0.2, 0.25) is 0 Å². The first-order valence-electron chi connectivity index (χ1n) is 19.4. The van der Waals surface area contributed by atoms with Gasteiger partial charge in [0.1, 0.15) is 13.2 Å². The van der Waals surface area contributed by atoms with Gasteiger partial charge < -0.3 is 19.8 Å². The van der Waals surface area contributed by atoms with Crippen LogP contribution >= 0.6 is 7.82 Å². The SMILES string of the molecule is CCCCCC/C=C/CC/C=C/CC/C=C/C(O)C(COP(=O)(O)OCC[N+](C)(C)C)NC(=O)CCCCCCCCCCCCCC. The molecule has 8 nitrogen and oxygen atoms in total. The molecule has 1 amide bonds. The average Bonchev–Trinajstić information content (AvgIpc) is 3.02. The summed E-state index contributed by atoms with van der Waals surface area (Å²) in [7, 11) is 1.54. The van der Waals surface area contributed by atoms with E-state index in [4.69, 9.17) is 9.05 Å². The number of phosphoric acid groups is 1. The highest BCUT2D eigenvalue weighted by Crippen LogP contribution is 2.43. The van der Waals surface area contributed by atoms with Crippen molar-refractivity contribution in [1.82, 2.24) is 5.32 Å². The van der Waals surface area contributed by atoms with Crippen molar-refractivity contribution in [2.45, 2.75) is 167 Å².